The molecule has 16 heavy (non-hydrogen) atoms. The first-order valence-corrected chi connectivity index (χ1v) is 5.77. The zero-order valence-electron chi connectivity index (χ0n) is 9.38. The van der Waals surface area contributed by atoms with Crippen LogP contribution < -0.4 is 5.73 Å². The Labute approximate surface area is 95.2 Å². The molecule has 2 rings (SSSR count). The second-order valence-electron chi connectivity index (χ2n) is 4.23. The monoisotopic (exact) mass is 222 g/mol. The molecule has 2 heterocycles. The molecule has 88 valence electrons. The Morgan fingerprint density at radius 3 is 3.12 bits per heavy atom. The number of rotatable bonds is 4. The molecular weight excluding hydrogens is 204 g/mol. The molecule has 5 heteroatoms. The van der Waals surface area contributed by atoms with Crippen molar-refractivity contribution in [1.29, 1.82) is 0 Å². The summed E-state index contributed by atoms with van der Waals surface area (Å²) in [6, 6.07) is -0.276. The first-order valence-electron chi connectivity index (χ1n) is 5.77. The molecule has 2 N–H and O–H groups in total. The molecule has 1 unspecified atom stereocenters. The number of nitrogens with two attached hydrogens (primary N) is 1. The first kappa shape index (κ1) is 11.1. The van der Waals surface area contributed by atoms with Gasteiger partial charge in [-0.2, -0.15) is 0 Å². The number of aromatic nitrogens is 2. The lowest BCUT2D eigenvalue weighted by atomic mass is 10.1. The van der Waals surface area contributed by atoms with Crippen molar-refractivity contribution < 1.29 is 4.79 Å². The van der Waals surface area contributed by atoms with Gasteiger partial charge in [-0.1, -0.05) is 0 Å². The maximum absolute atomic E-state index is 11.7. The van der Waals surface area contributed by atoms with E-state index in [1.54, 1.807) is 12.5 Å². The smallest absolute Gasteiger partial charge is 0.239 e. The molecule has 1 atom stereocenters. The van der Waals surface area contributed by atoms with E-state index in [2.05, 4.69) is 4.98 Å². The average molecular weight is 222 g/mol. The van der Waals surface area contributed by atoms with Crippen LogP contribution in [0.4, 0.5) is 0 Å². The number of likely N-dealkylation sites (tertiary alicyclic amines) is 1. The van der Waals surface area contributed by atoms with Crippen molar-refractivity contribution in [3.63, 3.8) is 0 Å². The van der Waals surface area contributed by atoms with Gasteiger partial charge in [0.15, 0.2) is 0 Å². The molecule has 0 aliphatic carbocycles. The molecule has 1 saturated heterocycles. The van der Waals surface area contributed by atoms with Gasteiger partial charge in [-0.05, 0) is 19.3 Å². The van der Waals surface area contributed by atoms with Crippen molar-refractivity contribution in [2.75, 3.05) is 13.1 Å². The van der Waals surface area contributed by atoms with E-state index in [4.69, 9.17) is 5.73 Å². The van der Waals surface area contributed by atoms with E-state index in [0.29, 0.717) is 0 Å². The number of aryl methyl sites for hydroxylation is 1. The van der Waals surface area contributed by atoms with Gasteiger partial charge in [-0.25, -0.2) is 4.98 Å². The second kappa shape index (κ2) is 5.12. The van der Waals surface area contributed by atoms with Crippen LogP contribution in [0, 0.1) is 0 Å². The normalized spacial score (nSPS) is 21.4. The summed E-state index contributed by atoms with van der Waals surface area (Å²) in [4.78, 5) is 17.6. The predicted molar refractivity (Wildman–Crippen MR) is 60.6 cm³/mol. The zero-order valence-corrected chi connectivity index (χ0v) is 9.38. The molecule has 1 aromatic rings. The van der Waals surface area contributed by atoms with Crippen LogP contribution in [0.3, 0.4) is 0 Å². The van der Waals surface area contributed by atoms with Gasteiger partial charge in [0, 0.05) is 32.0 Å². The lowest BCUT2D eigenvalue weighted by Gasteiger charge is -2.30. The molecule has 0 aromatic carbocycles. The van der Waals surface area contributed by atoms with Crippen LogP contribution in [-0.2, 0) is 11.3 Å². The van der Waals surface area contributed by atoms with Gasteiger partial charge in [0.1, 0.15) is 0 Å². The highest BCUT2D eigenvalue weighted by Gasteiger charge is 2.24. The fourth-order valence-corrected chi connectivity index (χ4v) is 2.06. The van der Waals surface area contributed by atoms with Crippen molar-refractivity contribution >= 4 is 5.91 Å². The summed E-state index contributed by atoms with van der Waals surface area (Å²) in [5.41, 5.74) is 5.73. The van der Waals surface area contributed by atoms with Gasteiger partial charge in [0.05, 0.1) is 12.4 Å². The Kier molecular flexibility index (Phi) is 3.56. The third-order valence-corrected chi connectivity index (χ3v) is 2.98. The van der Waals surface area contributed by atoms with E-state index in [-0.39, 0.29) is 11.9 Å². The summed E-state index contributed by atoms with van der Waals surface area (Å²) in [6.07, 6.45) is 8.30. The van der Waals surface area contributed by atoms with Gasteiger partial charge < -0.3 is 15.2 Å². The number of amides is 1. The van der Waals surface area contributed by atoms with E-state index in [0.717, 1.165) is 38.9 Å². The Balaban J connectivity index is 1.75. The molecule has 5 nitrogen and oxygen atoms in total. The maximum atomic E-state index is 11.7. The molecule has 1 fully saturated rings. The molecule has 0 spiro atoms. The summed E-state index contributed by atoms with van der Waals surface area (Å²) in [5.74, 6) is 0.108. The van der Waals surface area contributed by atoms with Gasteiger partial charge in [0.2, 0.25) is 5.91 Å². The standard InChI is InChI=1S/C11H18N4O/c12-10-3-1-6-15(11(10)16)7-2-5-14-8-4-13-9-14/h4,8-10H,1-3,5-7,12H2. The van der Waals surface area contributed by atoms with Crippen LogP contribution in [0.2, 0.25) is 0 Å². The quantitative estimate of drug-likeness (QED) is 0.792. The SMILES string of the molecule is NC1CCCN(CCCn2ccnc2)C1=O. The van der Waals surface area contributed by atoms with E-state index in [1.807, 2.05) is 15.7 Å². The highest BCUT2D eigenvalue weighted by atomic mass is 16.2. The minimum absolute atomic E-state index is 0.108. The van der Waals surface area contributed by atoms with Crippen molar-refractivity contribution in [3.8, 4) is 0 Å². The number of carbonyl (C=O) groups excluding carboxylic acids is 1. The van der Waals surface area contributed by atoms with E-state index in [9.17, 15) is 4.79 Å². The molecule has 1 aromatic heterocycles. The summed E-state index contributed by atoms with van der Waals surface area (Å²) in [5, 5.41) is 0. The van der Waals surface area contributed by atoms with Crippen molar-refractivity contribution in [1.82, 2.24) is 14.5 Å². The summed E-state index contributed by atoms with van der Waals surface area (Å²) < 4.78 is 2.02. The molecule has 0 radical (unpaired) electrons. The van der Waals surface area contributed by atoms with Crippen LogP contribution in [0.5, 0.6) is 0 Å². The van der Waals surface area contributed by atoms with Crippen LogP contribution in [-0.4, -0.2) is 39.5 Å². The highest BCUT2D eigenvalue weighted by Crippen LogP contribution is 2.10. The fraction of sp³-hybridized carbons (Fsp3) is 0.636. The summed E-state index contributed by atoms with van der Waals surface area (Å²) in [6.45, 7) is 2.56. The van der Waals surface area contributed by atoms with Crippen LogP contribution in [0.1, 0.15) is 19.3 Å². The van der Waals surface area contributed by atoms with Gasteiger partial charge >= 0.3 is 0 Å². The second-order valence-corrected chi connectivity index (χ2v) is 4.23. The van der Waals surface area contributed by atoms with E-state index in [1.165, 1.54) is 0 Å². The van der Waals surface area contributed by atoms with Gasteiger partial charge in [-0.3, -0.25) is 4.79 Å². The number of nitrogens with zero attached hydrogens (tertiary/aromatic N) is 3. The fourth-order valence-electron chi connectivity index (χ4n) is 2.06. The third-order valence-electron chi connectivity index (χ3n) is 2.98. The maximum Gasteiger partial charge on any atom is 0.239 e. The first-order chi connectivity index (χ1) is 7.77. The Bertz CT molecular complexity index is 336. The Hall–Kier alpha value is -1.36. The van der Waals surface area contributed by atoms with Crippen LogP contribution in [0.15, 0.2) is 18.7 Å². The molecule has 1 amide bonds. The highest BCUT2D eigenvalue weighted by molar-refractivity contribution is 5.82. The summed E-state index contributed by atoms with van der Waals surface area (Å²) >= 11 is 0. The largest absolute Gasteiger partial charge is 0.341 e. The molecule has 0 bridgehead atoms. The van der Waals surface area contributed by atoms with Crippen molar-refractivity contribution in [2.45, 2.75) is 31.8 Å². The number of hydrogen-bond donors (Lipinski definition) is 1. The Morgan fingerprint density at radius 1 is 1.50 bits per heavy atom. The molecule has 1 aliphatic heterocycles. The van der Waals surface area contributed by atoms with Crippen molar-refractivity contribution in [3.05, 3.63) is 18.7 Å². The van der Waals surface area contributed by atoms with E-state index >= 15 is 0 Å². The lowest BCUT2D eigenvalue weighted by Crippen LogP contribution is -2.48. The number of piperidine rings is 1. The number of imidazole rings is 1. The predicted octanol–water partition coefficient (Wildman–Crippen LogP) is 0.223. The van der Waals surface area contributed by atoms with Gasteiger partial charge in [-0.15, -0.1) is 0 Å². The number of hydrogen-bond acceptors (Lipinski definition) is 3. The molecular formula is C11H18N4O. The number of carbonyl (C=O) groups is 1. The van der Waals surface area contributed by atoms with Crippen LogP contribution in [0.25, 0.3) is 0 Å². The van der Waals surface area contributed by atoms with Crippen molar-refractivity contribution in [2.24, 2.45) is 5.73 Å². The van der Waals surface area contributed by atoms with Crippen LogP contribution >= 0.6 is 0 Å². The Morgan fingerprint density at radius 2 is 2.38 bits per heavy atom. The topological polar surface area (TPSA) is 64.2 Å². The third kappa shape index (κ3) is 2.61. The molecule has 1 aliphatic rings. The lowest BCUT2D eigenvalue weighted by molar-refractivity contribution is -0.134. The van der Waals surface area contributed by atoms with Gasteiger partial charge in [0.25, 0.3) is 0 Å². The molecule has 0 saturated carbocycles. The minimum Gasteiger partial charge on any atom is -0.341 e. The van der Waals surface area contributed by atoms with E-state index < -0.39 is 0 Å². The minimum atomic E-state index is -0.276. The average Bonchev–Trinajstić information content (AvgIpc) is 2.77. The zero-order chi connectivity index (χ0) is 11.4. The summed E-state index contributed by atoms with van der Waals surface area (Å²) in [7, 11) is 0.